The fourth-order valence-electron chi connectivity index (χ4n) is 2.42. The number of halogens is 1. The molecule has 0 saturated carbocycles. The van der Waals surface area contributed by atoms with Crippen LogP contribution in [0, 0.1) is 17.7 Å². The van der Waals surface area contributed by atoms with Crippen molar-refractivity contribution in [3.63, 3.8) is 0 Å². The van der Waals surface area contributed by atoms with Crippen LogP contribution in [0.4, 0.5) is 10.1 Å². The average Bonchev–Trinajstić information content (AvgIpc) is 2.32. The maximum atomic E-state index is 12.8. The van der Waals surface area contributed by atoms with Gasteiger partial charge in [0.2, 0.25) is 5.91 Å². The largest absolute Gasteiger partial charge is 0.391 e. The number of piperidine rings is 1. The number of carbonyl (C=O) groups excluding carboxylic acids is 1. The van der Waals surface area contributed by atoms with Crippen LogP contribution in [0.15, 0.2) is 24.3 Å². The van der Waals surface area contributed by atoms with E-state index in [1.807, 2.05) is 13.8 Å². The Labute approximate surface area is 106 Å². The lowest BCUT2D eigenvalue weighted by Crippen LogP contribution is -2.49. The number of carbonyl (C=O) groups is 1. The summed E-state index contributed by atoms with van der Waals surface area (Å²) < 4.78 is 12.8. The Morgan fingerprint density at radius 2 is 1.94 bits per heavy atom. The van der Waals surface area contributed by atoms with E-state index in [0.717, 1.165) is 0 Å². The molecule has 1 saturated heterocycles. The van der Waals surface area contributed by atoms with E-state index < -0.39 is 6.10 Å². The van der Waals surface area contributed by atoms with Gasteiger partial charge in [-0.05, 0) is 36.1 Å². The van der Waals surface area contributed by atoms with Crippen LogP contribution in [0.3, 0.4) is 0 Å². The summed E-state index contributed by atoms with van der Waals surface area (Å²) in [5, 5.41) is 10.1. The SMILES string of the molecule is CC(C)C1CC(=O)N(c2ccc(F)cc2)CC1O. The molecule has 3 nitrogen and oxygen atoms in total. The fourth-order valence-corrected chi connectivity index (χ4v) is 2.42. The van der Waals surface area contributed by atoms with E-state index in [9.17, 15) is 14.3 Å². The van der Waals surface area contributed by atoms with Gasteiger partial charge in [0.05, 0.1) is 12.6 Å². The van der Waals surface area contributed by atoms with Gasteiger partial charge in [-0.2, -0.15) is 0 Å². The lowest BCUT2D eigenvalue weighted by Gasteiger charge is -2.37. The fraction of sp³-hybridized carbons (Fsp3) is 0.500. The summed E-state index contributed by atoms with van der Waals surface area (Å²) >= 11 is 0. The van der Waals surface area contributed by atoms with E-state index in [1.54, 1.807) is 12.1 Å². The van der Waals surface area contributed by atoms with Crippen molar-refractivity contribution in [3.05, 3.63) is 30.1 Å². The number of aliphatic hydroxyl groups is 1. The monoisotopic (exact) mass is 251 g/mol. The second-order valence-corrected chi connectivity index (χ2v) is 5.16. The van der Waals surface area contributed by atoms with Crippen molar-refractivity contribution >= 4 is 11.6 Å². The smallest absolute Gasteiger partial charge is 0.227 e. The third-order valence-electron chi connectivity index (χ3n) is 3.57. The molecule has 0 radical (unpaired) electrons. The first-order valence-corrected chi connectivity index (χ1v) is 6.23. The van der Waals surface area contributed by atoms with Gasteiger partial charge in [0.15, 0.2) is 0 Å². The Kier molecular flexibility index (Phi) is 3.66. The van der Waals surface area contributed by atoms with Crippen molar-refractivity contribution in [1.82, 2.24) is 0 Å². The predicted octanol–water partition coefficient (Wildman–Crippen LogP) is 2.20. The predicted molar refractivity (Wildman–Crippen MR) is 67.7 cm³/mol. The molecule has 1 heterocycles. The van der Waals surface area contributed by atoms with Gasteiger partial charge in [0.1, 0.15) is 5.82 Å². The normalized spacial score (nSPS) is 24.7. The molecule has 0 spiro atoms. The second-order valence-electron chi connectivity index (χ2n) is 5.16. The number of benzene rings is 1. The van der Waals surface area contributed by atoms with E-state index in [1.165, 1.54) is 17.0 Å². The van der Waals surface area contributed by atoms with E-state index in [0.29, 0.717) is 12.1 Å². The molecule has 1 aromatic carbocycles. The van der Waals surface area contributed by atoms with Crippen LogP contribution in [0.2, 0.25) is 0 Å². The third kappa shape index (κ3) is 2.53. The number of hydrogen-bond donors (Lipinski definition) is 1. The van der Waals surface area contributed by atoms with Crippen LogP contribution in [-0.2, 0) is 4.79 Å². The van der Waals surface area contributed by atoms with E-state index in [2.05, 4.69) is 0 Å². The molecule has 2 atom stereocenters. The number of anilines is 1. The van der Waals surface area contributed by atoms with Crippen LogP contribution in [0.25, 0.3) is 0 Å². The molecular weight excluding hydrogens is 233 g/mol. The van der Waals surface area contributed by atoms with E-state index in [-0.39, 0.29) is 30.1 Å². The molecule has 4 heteroatoms. The van der Waals surface area contributed by atoms with Crippen LogP contribution in [0.1, 0.15) is 20.3 Å². The van der Waals surface area contributed by atoms with E-state index in [4.69, 9.17) is 0 Å². The summed E-state index contributed by atoms with van der Waals surface area (Å²) in [5.74, 6) is -0.0528. The van der Waals surface area contributed by atoms with Gasteiger partial charge >= 0.3 is 0 Å². The minimum atomic E-state index is -0.521. The molecule has 1 N–H and O–H groups in total. The van der Waals surface area contributed by atoms with Crippen molar-refractivity contribution in [2.45, 2.75) is 26.4 Å². The van der Waals surface area contributed by atoms with Crippen molar-refractivity contribution in [2.75, 3.05) is 11.4 Å². The molecule has 0 aliphatic carbocycles. The second kappa shape index (κ2) is 5.06. The van der Waals surface area contributed by atoms with Crippen molar-refractivity contribution in [3.8, 4) is 0 Å². The minimum Gasteiger partial charge on any atom is -0.391 e. The van der Waals surface area contributed by atoms with Gasteiger partial charge in [0, 0.05) is 12.1 Å². The first-order valence-electron chi connectivity index (χ1n) is 6.23. The summed E-state index contributed by atoms with van der Waals surface area (Å²) in [6.45, 7) is 4.30. The summed E-state index contributed by atoms with van der Waals surface area (Å²) in [7, 11) is 0. The standard InChI is InChI=1S/C14H18FNO2/c1-9(2)12-7-14(18)16(8-13(12)17)11-5-3-10(15)4-6-11/h3-6,9,12-13,17H,7-8H2,1-2H3. The summed E-state index contributed by atoms with van der Waals surface area (Å²) in [5.41, 5.74) is 0.641. The summed E-state index contributed by atoms with van der Waals surface area (Å²) in [6, 6.07) is 5.78. The summed E-state index contributed by atoms with van der Waals surface area (Å²) in [4.78, 5) is 13.6. The Balaban J connectivity index is 2.17. The molecule has 0 bridgehead atoms. The molecule has 2 rings (SSSR count). The Hall–Kier alpha value is -1.42. The van der Waals surface area contributed by atoms with Crippen LogP contribution >= 0.6 is 0 Å². The maximum Gasteiger partial charge on any atom is 0.227 e. The van der Waals surface area contributed by atoms with Gasteiger partial charge in [-0.25, -0.2) is 4.39 Å². The molecule has 1 fully saturated rings. The van der Waals surface area contributed by atoms with E-state index >= 15 is 0 Å². The molecule has 18 heavy (non-hydrogen) atoms. The first kappa shape index (κ1) is 13.0. The molecule has 1 aliphatic rings. The molecule has 98 valence electrons. The highest BCUT2D eigenvalue weighted by atomic mass is 19.1. The van der Waals surface area contributed by atoms with Gasteiger partial charge < -0.3 is 10.0 Å². The lowest BCUT2D eigenvalue weighted by molar-refractivity contribution is -0.124. The highest BCUT2D eigenvalue weighted by Gasteiger charge is 2.35. The minimum absolute atomic E-state index is 0.00852. The first-order chi connectivity index (χ1) is 8.49. The van der Waals surface area contributed by atoms with Gasteiger partial charge in [-0.3, -0.25) is 4.79 Å². The number of aliphatic hydroxyl groups excluding tert-OH is 1. The molecule has 1 amide bonds. The zero-order chi connectivity index (χ0) is 13.3. The Morgan fingerprint density at radius 1 is 1.33 bits per heavy atom. The van der Waals surface area contributed by atoms with Gasteiger partial charge in [-0.15, -0.1) is 0 Å². The molecule has 0 aromatic heterocycles. The number of β-amino-alcohol motifs (C(OH)–C–C–N with tert-alkyl or cyclic N) is 1. The molecule has 2 unspecified atom stereocenters. The number of nitrogens with zero attached hydrogens (tertiary/aromatic N) is 1. The third-order valence-corrected chi connectivity index (χ3v) is 3.57. The molecule has 1 aromatic rings. The zero-order valence-electron chi connectivity index (χ0n) is 10.6. The number of amides is 1. The quantitative estimate of drug-likeness (QED) is 0.875. The topological polar surface area (TPSA) is 40.5 Å². The zero-order valence-corrected chi connectivity index (χ0v) is 10.6. The van der Waals surface area contributed by atoms with Crippen LogP contribution in [0.5, 0.6) is 0 Å². The maximum absolute atomic E-state index is 12.8. The highest BCUT2D eigenvalue weighted by Crippen LogP contribution is 2.29. The van der Waals surface area contributed by atoms with Crippen molar-refractivity contribution in [1.29, 1.82) is 0 Å². The Morgan fingerprint density at radius 3 is 2.50 bits per heavy atom. The van der Waals surface area contributed by atoms with Crippen LogP contribution in [-0.4, -0.2) is 23.7 Å². The van der Waals surface area contributed by atoms with Gasteiger partial charge in [0.25, 0.3) is 0 Å². The number of rotatable bonds is 2. The van der Waals surface area contributed by atoms with Crippen molar-refractivity contribution in [2.24, 2.45) is 11.8 Å². The Bertz CT molecular complexity index is 430. The van der Waals surface area contributed by atoms with Crippen LogP contribution < -0.4 is 4.90 Å². The van der Waals surface area contributed by atoms with Crippen molar-refractivity contribution < 1.29 is 14.3 Å². The lowest BCUT2D eigenvalue weighted by atomic mass is 9.84. The summed E-state index contributed by atoms with van der Waals surface area (Å²) in [6.07, 6.45) is -0.177. The average molecular weight is 251 g/mol. The highest BCUT2D eigenvalue weighted by molar-refractivity contribution is 5.94. The molecular formula is C14H18FNO2. The molecule has 1 aliphatic heterocycles. The number of hydrogen-bond acceptors (Lipinski definition) is 2. The van der Waals surface area contributed by atoms with Gasteiger partial charge in [-0.1, -0.05) is 13.8 Å².